The lowest BCUT2D eigenvalue weighted by atomic mass is 10.2. The molecule has 1 amide bonds. The van der Waals surface area contributed by atoms with Gasteiger partial charge in [0, 0.05) is 0 Å². The van der Waals surface area contributed by atoms with Crippen molar-refractivity contribution >= 4 is 6.09 Å². The predicted octanol–water partition coefficient (Wildman–Crippen LogP) is 1.24. The standard InChI is InChI=1S/C11H13NO4/c13-11(12-16-8-10-7-14-10)15-6-9-4-2-1-3-5-9/h1-5,10H,6-8H2,(H,12,13). The average molecular weight is 223 g/mol. The molecule has 0 saturated carbocycles. The molecule has 1 aliphatic heterocycles. The Morgan fingerprint density at radius 2 is 2.19 bits per heavy atom. The van der Waals surface area contributed by atoms with Crippen molar-refractivity contribution in [1.82, 2.24) is 5.48 Å². The van der Waals surface area contributed by atoms with Gasteiger partial charge in [0.15, 0.2) is 0 Å². The van der Waals surface area contributed by atoms with E-state index >= 15 is 0 Å². The minimum absolute atomic E-state index is 0.120. The van der Waals surface area contributed by atoms with E-state index in [-0.39, 0.29) is 12.7 Å². The van der Waals surface area contributed by atoms with E-state index in [2.05, 4.69) is 5.48 Å². The number of carbonyl (C=O) groups excluding carboxylic acids is 1. The zero-order valence-corrected chi connectivity index (χ0v) is 8.72. The van der Waals surface area contributed by atoms with Gasteiger partial charge in [-0.05, 0) is 5.56 Å². The van der Waals surface area contributed by atoms with Crippen molar-refractivity contribution in [2.24, 2.45) is 0 Å². The third-order valence-electron chi connectivity index (χ3n) is 2.04. The molecular formula is C11H13NO4. The van der Waals surface area contributed by atoms with E-state index < -0.39 is 6.09 Å². The molecule has 1 heterocycles. The summed E-state index contributed by atoms with van der Waals surface area (Å²) in [6, 6.07) is 9.44. The molecule has 16 heavy (non-hydrogen) atoms. The van der Waals surface area contributed by atoms with Gasteiger partial charge in [-0.1, -0.05) is 30.3 Å². The Bertz CT molecular complexity index is 337. The number of benzene rings is 1. The maximum Gasteiger partial charge on any atom is 0.431 e. The van der Waals surface area contributed by atoms with Crippen LogP contribution < -0.4 is 5.48 Å². The van der Waals surface area contributed by atoms with E-state index in [1.807, 2.05) is 30.3 Å². The molecule has 0 bridgehead atoms. The fraction of sp³-hybridized carbons (Fsp3) is 0.364. The van der Waals surface area contributed by atoms with Crippen LogP contribution in [0.1, 0.15) is 5.56 Å². The van der Waals surface area contributed by atoms with E-state index in [0.717, 1.165) is 5.56 Å². The van der Waals surface area contributed by atoms with Crippen molar-refractivity contribution in [2.45, 2.75) is 12.7 Å². The van der Waals surface area contributed by atoms with Crippen LogP contribution in [0.3, 0.4) is 0 Å². The third kappa shape index (κ3) is 3.88. The maximum absolute atomic E-state index is 11.1. The SMILES string of the molecule is O=C(NOCC1CO1)OCc1ccccc1. The van der Waals surface area contributed by atoms with Crippen LogP contribution in [0.15, 0.2) is 30.3 Å². The lowest BCUT2D eigenvalue weighted by Crippen LogP contribution is -2.26. The number of hydrogen-bond donors (Lipinski definition) is 1. The number of ether oxygens (including phenoxy) is 2. The second-order valence-corrected chi connectivity index (χ2v) is 3.43. The molecule has 0 spiro atoms. The lowest BCUT2D eigenvalue weighted by molar-refractivity contribution is 0.0187. The van der Waals surface area contributed by atoms with E-state index in [0.29, 0.717) is 13.2 Å². The third-order valence-corrected chi connectivity index (χ3v) is 2.04. The molecule has 1 unspecified atom stereocenters. The summed E-state index contributed by atoms with van der Waals surface area (Å²) in [7, 11) is 0. The molecule has 5 nitrogen and oxygen atoms in total. The summed E-state index contributed by atoms with van der Waals surface area (Å²) < 4.78 is 9.82. The van der Waals surface area contributed by atoms with Crippen LogP contribution >= 0.6 is 0 Å². The monoisotopic (exact) mass is 223 g/mol. The highest BCUT2D eigenvalue weighted by Gasteiger charge is 2.23. The van der Waals surface area contributed by atoms with Crippen LogP contribution in [-0.4, -0.2) is 25.4 Å². The van der Waals surface area contributed by atoms with Crippen molar-refractivity contribution in [3.8, 4) is 0 Å². The molecule has 2 rings (SSSR count). The lowest BCUT2D eigenvalue weighted by Gasteiger charge is -2.06. The maximum atomic E-state index is 11.1. The number of hydroxylamine groups is 1. The molecule has 1 N–H and O–H groups in total. The summed E-state index contributed by atoms with van der Waals surface area (Å²) in [4.78, 5) is 16.0. The number of carbonyl (C=O) groups is 1. The first-order valence-corrected chi connectivity index (χ1v) is 5.04. The molecule has 0 radical (unpaired) electrons. The molecule has 0 aromatic heterocycles. The van der Waals surface area contributed by atoms with Gasteiger partial charge >= 0.3 is 6.09 Å². The molecule has 5 heteroatoms. The highest BCUT2D eigenvalue weighted by molar-refractivity contribution is 5.65. The van der Waals surface area contributed by atoms with Gasteiger partial charge in [-0.15, -0.1) is 0 Å². The Labute approximate surface area is 93.3 Å². The zero-order chi connectivity index (χ0) is 11.2. The highest BCUT2D eigenvalue weighted by Crippen LogP contribution is 2.07. The summed E-state index contributed by atoms with van der Waals surface area (Å²) in [5, 5.41) is 0. The Kier molecular flexibility index (Phi) is 3.74. The Morgan fingerprint density at radius 3 is 2.88 bits per heavy atom. The summed E-state index contributed by atoms with van der Waals surface area (Å²) >= 11 is 0. The van der Waals surface area contributed by atoms with Gasteiger partial charge in [-0.3, -0.25) is 4.84 Å². The van der Waals surface area contributed by atoms with Crippen LogP contribution in [0, 0.1) is 0 Å². The largest absolute Gasteiger partial charge is 0.443 e. The Hall–Kier alpha value is -1.59. The quantitative estimate of drug-likeness (QED) is 0.602. The van der Waals surface area contributed by atoms with E-state index in [1.165, 1.54) is 0 Å². The van der Waals surface area contributed by atoms with Crippen molar-refractivity contribution in [3.63, 3.8) is 0 Å². The van der Waals surface area contributed by atoms with Crippen LogP contribution in [-0.2, 0) is 20.9 Å². The molecular weight excluding hydrogens is 210 g/mol. The minimum atomic E-state index is -0.593. The molecule has 1 saturated heterocycles. The second-order valence-electron chi connectivity index (χ2n) is 3.43. The highest BCUT2D eigenvalue weighted by atomic mass is 16.7. The van der Waals surface area contributed by atoms with Crippen molar-refractivity contribution < 1.29 is 19.1 Å². The van der Waals surface area contributed by atoms with Crippen LogP contribution in [0.2, 0.25) is 0 Å². The molecule has 1 aliphatic rings. The molecule has 1 aromatic carbocycles. The average Bonchev–Trinajstić information content (AvgIpc) is 3.12. The molecule has 0 aliphatic carbocycles. The number of amides is 1. The molecule has 1 atom stereocenters. The van der Waals surface area contributed by atoms with E-state index in [1.54, 1.807) is 0 Å². The van der Waals surface area contributed by atoms with E-state index in [4.69, 9.17) is 14.3 Å². The smallest absolute Gasteiger partial charge is 0.431 e. The predicted molar refractivity (Wildman–Crippen MR) is 55.5 cm³/mol. The first kappa shape index (κ1) is 10.9. The molecule has 86 valence electrons. The molecule has 1 aromatic rings. The summed E-state index contributed by atoms with van der Waals surface area (Å²) in [5.41, 5.74) is 3.12. The number of rotatable bonds is 5. The fourth-order valence-corrected chi connectivity index (χ4v) is 1.11. The van der Waals surface area contributed by atoms with Gasteiger partial charge < -0.3 is 9.47 Å². The Morgan fingerprint density at radius 1 is 1.44 bits per heavy atom. The van der Waals surface area contributed by atoms with Gasteiger partial charge in [0.25, 0.3) is 0 Å². The molecule has 1 fully saturated rings. The van der Waals surface area contributed by atoms with Crippen molar-refractivity contribution in [3.05, 3.63) is 35.9 Å². The first-order chi connectivity index (χ1) is 7.84. The summed E-state index contributed by atoms with van der Waals surface area (Å²) in [6.07, 6.45) is -0.473. The zero-order valence-electron chi connectivity index (χ0n) is 8.72. The first-order valence-electron chi connectivity index (χ1n) is 5.04. The fourth-order valence-electron chi connectivity index (χ4n) is 1.11. The van der Waals surface area contributed by atoms with Crippen LogP contribution in [0.5, 0.6) is 0 Å². The van der Waals surface area contributed by atoms with E-state index in [9.17, 15) is 4.79 Å². The minimum Gasteiger partial charge on any atom is -0.443 e. The van der Waals surface area contributed by atoms with Crippen LogP contribution in [0.4, 0.5) is 4.79 Å². The van der Waals surface area contributed by atoms with Crippen molar-refractivity contribution in [1.29, 1.82) is 0 Å². The van der Waals surface area contributed by atoms with Crippen LogP contribution in [0.25, 0.3) is 0 Å². The van der Waals surface area contributed by atoms with Gasteiger partial charge in [-0.25, -0.2) is 4.79 Å². The summed E-state index contributed by atoms with van der Waals surface area (Å²) in [6.45, 7) is 1.29. The summed E-state index contributed by atoms with van der Waals surface area (Å²) in [5.74, 6) is 0. The second kappa shape index (κ2) is 5.48. The van der Waals surface area contributed by atoms with Gasteiger partial charge in [-0.2, -0.15) is 5.48 Å². The van der Waals surface area contributed by atoms with Gasteiger partial charge in [0.05, 0.1) is 6.61 Å². The normalized spacial score (nSPS) is 17.9. The Balaban J connectivity index is 1.59. The van der Waals surface area contributed by atoms with Gasteiger partial charge in [0.2, 0.25) is 0 Å². The topological polar surface area (TPSA) is 60.1 Å². The number of nitrogens with one attached hydrogen (secondary N) is 1. The van der Waals surface area contributed by atoms with Gasteiger partial charge in [0.1, 0.15) is 19.3 Å². The van der Waals surface area contributed by atoms with Crippen molar-refractivity contribution in [2.75, 3.05) is 13.2 Å². The number of hydrogen-bond acceptors (Lipinski definition) is 4. The number of epoxide rings is 1.